The number of aromatic nitrogens is 2. The summed E-state index contributed by atoms with van der Waals surface area (Å²) in [4.78, 5) is 8.62. The molecule has 0 saturated carbocycles. The molecule has 2 aromatic rings. The zero-order chi connectivity index (χ0) is 11.4. The van der Waals surface area contributed by atoms with E-state index < -0.39 is 0 Å². The summed E-state index contributed by atoms with van der Waals surface area (Å²) in [5.41, 5.74) is 1.72. The van der Waals surface area contributed by atoms with Gasteiger partial charge >= 0.3 is 0 Å². The van der Waals surface area contributed by atoms with Crippen molar-refractivity contribution in [2.75, 3.05) is 12.4 Å². The van der Waals surface area contributed by atoms with E-state index in [1.165, 1.54) is 11.3 Å². The van der Waals surface area contributed by atoms with Crippen LogP contribution < -0.4 is 10.6 Å². The van der Waals surface area contributed by atoms with E-state index in [0.717, 1.165) is 16.5 Å². The van der Waals surface area contributed by atoms with Crippen LogP contribution in [0.5, 0.6) is 0 Å². The molecular weight excluding hydrogens is 240 g/mol. The van der Waals surface area contributed by atoms with Crippen molar-refractivity contribution in [2.24, 2.45) is 0 Å². The number of thiocarbonyl (C=S) groups is 1. The molecule has 4 nitrogen and oxygen atoms in total. The lowest BCUT2D eigenvalue weighted by molar-refractivity contribution is 1.19. The van der Waals surface area contributed by atoms with Gasteiger partial charge in [-0.1, -0.05) is 6.07 Å². The van der Waals surface area contributed by atoms with Gasteiger partial charge < -0.3 is 10.6 Å². The summed E-state index contributed by atoms with van der Waals surface area (Å²) in [5.74, 6) is 0. The summed E-state index contributed by atoms with van der Waals surface area (Å²) >= 11 is 6.49. The normalized spacial score (nSPS) is 9.81. The van der Waals surface area contributed by atoms with Crippen LogP contribution in [0.4, 0.5) is 5.13 Å². The summed E-state index contributed by atoms with van der Waals surface area (Å²) < 4.78 is 0. The summed E-state index contributed by atoms with van der Waals surface area (Å²) in [6.07, 6.45) is 1.75. The number of hydrogen-bond donors (Lipinski definition) is 2. The Morgan fingerprint density at radius 2 is 2.25 bits per heavy atom. The fourth-order valence-electron chi connectivity index (χ4n) is 1.12. The van der Waals surface area contributed by atoms with E-state index in [1.807, 2.05) is 23.6 Å². The van der Waals surface area contributed by atoms with Gasteiger partial charge in [0.15, 0.2) is 10.2 Å². The van der Waals surface area contributed by atoms with Gasteiger partial charge in [-0.15, -0.1) is 11.3 Å². The van der Waals surface area contributed by atoms with Crippen LogP contribution in [0.3, 0.4) is 0 Å². The van der Waals surface area contributed by atoms with Gasteiger partial charge in [-0.05, 0) is 24.4 Å². The van der Waals surface area contributed by atoms with Crippen LogP contribution in [0.2, 0.25) is 0 Å². The van der Waals surface area contributed by atoms with Crippen molar-refractivity contribution in [3.05, 3.63) is 29.8 Å². The molecule has 0 radical (unpaired) electrons. The van der Waals surface area contributed by atoms with Crippen molar-refractivity contribution in [3.63, 3.8) is 0 Å². The Labute approximate surface area is 103 Å². The second-order valence-electron chi connectivity index (χ2n) is 2.96. The zero-order valence-electron chi connectivity index (χ0n) is 8.60. The van der Waals surface area contributed by atoms with Gasteiger partial charge in [0.05, 0.1) is 5.69 Å². The molecule has 82 valence electrons. The average Bonchev–Trinajstić information content (AvgIpc) is 2.78. The molecule has 2 aromatic heterocycles. The lowest BCUT2D eigenvalue weighted by Gasteiger charge is -2.01. The molecule has 0 aliphatic heterocycles. The van der Waals surface area contributed by atoms with Crippen LogP contribution in [-0.4, -0.2) is 22.1 Å². The highest BCUT2D eigenvalue weighted by atomic mass is 32.1. The molecule has 16 heavy (non-hydrogen) atoms. The standard InChI is InChI=1S/C10H10N4S2/c1-11-9(15)14-10-13-8(6-16-10)7-4-2-3-5-12-7/h2-6H,1H3,(H2,11,13,14,15). The minimum atomic E-state index is 0.557. The largest absolute Gasteiger partial charge is 0.365 e. The summed E-state index contributed by atoms with van der Waals surface area (Å²) in [6, 6.07) is 5.74. The maximum Gasteiger partial charge on any atom is 0.189 e. The minimum Gasteiger partial charge on any atom is -0.365 e. The molecule has 2 rings (SSSR count). The maximum atomic E-state index is 4.99. The molecule has 0 saturated heterocycles. The average molecular weight is 250 g/mol. The van der Waals surface area contributed by atoms with Crippen LogP contribution in [0, 0.1) is 0 Å². The molecule has 0 fully saturated rings. The molecule has 0 bridgehead atoms. The van der Waals surface area contributed by atoms with Gasteiger partial charge in [0, 0.05) is 18.6 Å². The van der Waals surface area contributed by atoms with Crippen LogP contribution in [0.25, 0.3) is 11.4 Å². The molecule has 2 heterocycles. The first-order valence-electron chi connectivity index (χ1n) is 4.65. The number of nitrogens with zero attached hydrogens (tertiary/aromatic N) is 2. The molecule has 0 aliphatic rings. The SMILES string of the molecule is CNC(=S)Nc1nc(-c2ccccn2)cs1. The number of anilines is 1. The molecule has 0 aromatic carbocycles. The van der Waals surface area contributed by atoms with E-state index in [2.05, 4.69) is 20.6 Å². The lowest BCUT2D eigenvalue weighted by atomic mass is 10.3. The third-order valence-corrected chi connectivity index (χ3v) is 2.94. The van der Waals surface area contributed by atoms with Crippen molar-refractivity contribution < 1.29 is 0 Å². The fraction of sp³-hybridized carbons (Fsp3) is 0.100. The van der Waals surface area contributed by atoms with Gasteiger partial charge in [0.25, 0.3) is 0 Å². The van der Waals surface area contributed by atoms with Crippen LogP contribution in [0.15, 0.2) is 29.8 Å². The predicted octanol–water partition coefficient (Wildman–Crippen LogP) is 2.12. The molecule has 0 amide bonds. The number of hydrogen-bond acceptors (Lipinski definition) is 4. The highest BCUT2D eigenvalue weighted by molar-refractivity contribution is 7.80. The van der Waals surface area contributed by atoms with Gasteiger partial charge in [0.1, 0.15) is 5.69 Å². The van der Waals surface area contributed by atoms with Crippen LogP contribution in [-0.2, 0) is 0 Å². The van der Waals surface area contributed by atoms with Crippen LogP contribution in [0.1, 0.15) is 0 Å². The quantitative estimate of drug-likeness (QED) is 0.800. The van der Waals surface area contributed by atoms with Crippen molar-refractivity contribution >= 4 is 33.8 Å². The van der Waals surface area contributed by atoms with Gasteiger partial charge in [-0.25, -0.2) is 4.98 Å². The Morgan fingerprint density at radius 3 is 2.94 bits per heavy atom. The van der Waals surface area contributed by atoms with Crippen molar-refractivity contribution in [1.29, 1.82) is 0 Å². The summed E-state index contributed by atoms with van der Waals surface area (Å²) in [6.45, 7) is 0. The molecule has 2 N–H and O–H groups in total. The summed E-state index contributed by atoms with van der Waals surface area (Å²) in [7, 11) is 1.77. The van der Waals surface area contributed by atoms with E-state index >= 15 is 0 Å². The zero-order valence-corrected chi connectivity index (χ0v) is 10.2. The Morgan fingerprint density at radius 1 is 1.38 bits per heavy atom. The van der Waals surface area contributed by atoms with Gasteiger partial charge in [0.2, 0.25) is 0 Å². The Bertz CT molecular complexity index is 481. The van der Waals surface area contributed by atoms with Gasteiger partial charge in [-0.2, -0.15) is 0 Å². The lowest BCUT2D eigenvalue weighted by Crippen LogP contribution is -2.23. The van der Waals surface area contributed by atoms with E-state index in [-0.39, 0.29) is 0 Å². The van der Waals surface area contributed by atoms with E-state index in [9.17, 15) is 0 Å². The Balaban J connectivity index is 2.17. The first kappa shape index (κ1) is 11.0. The monoisotopic (exact) mass is 250 g/mol. The molecule has 0 atom stereocenters. The van der Waals surface area contributed by atoms with E-state index in [1.54, 1.807) is 13.2 Å². The minimum absolute atomic E-state index is 0.557. The van der Waals surface area contributed by atoms with E-state index in [4.69, 9.17) is 12.2 Å². The molecule has 0 spiro atoms. The fourth-order valence-corrected chi connectivity index (χ4v) is 1.99. The highest BCUT2D eigenvalue weighted by Crippen LogP contribution is 2.22. The number of rotatable bonds is 2. The Kier molecular flexibility index (Phi) is 3.43. The Hall–Kier alpha value is -1.53. The molecular formula is C10H10N4S2. The topological polar surface area (TPSA) is 49.8 Å². The van der Waals surface area contributed by atoms with E-state index in [0.29, 0.717) is 5.11 Å². The number of pyridine rings is 1. The third kappa shape index (κ3) is 2.53. The highest BCUT2D eigenvalue weighted by Gasteiger charge is 2.05. The smallest absolute Gasteiger partial charge is 0.189 e. The maximum absolute atomic E-state index is 4.99. The first-order chi connectivity index (χ1) is 7.79. The second kappa shape index (κ2) is 5.00. The molecule has 0 aliphatic carbocycles. The predicted molar refractivity (Wildman–Crippen MR) is 70.6 cm³/mol. The van der Waals surface area contributed by atoms with Crippen molar-refractivity contribution in [2.45, 2.75) is 0 Å². The first-order valence-corrected chi connectivity index (χ1v) is 5.94. The second-order valence-corrected chi connectivity index (χ2v) is 4.22. The molecule has 0 unspecified atom stereocenters. The van der Waals surface area contributed by atoms with Crippen molar-refractivity contribution in [1.82, 2.24) is 15.3 Å². The molecule has 6 heteroatoms. The number of nitrogens with one attached hydrogen (secondary N) is 2. The van der Waals surface area contributed by atoms with Crippen LogP contribution >= 0.6 is 23.6 Å². The third-order valence-electron chi connectivity index (χ3n) is 1.88. The number of thiazole rings is 1. The van der Waals surface area contributed by atoms with Crippen molar-refractivity contribution in [3.8, 4) is 11.4 Å². The summed E-state index contributed by atoms with van der Waals surface area (Å²) in [5, 5.41) is 9.08. The van der Waals surface area contributed by atoms with Gasteiger partial charge in [-0.3, -0.25) is 4.98 Å².